The second-order valence-electron chi connectivity index (χ2n) is 17.2. The van der Waals surface area contributed by atoms with E-state index in [0.29, 0.717) is 27.9 Å². The van der Waals surface area contributed by atoms with Crippen molar-refractivity contribution in [1.82, 2.24) is 41.8 Å². The standard InChI is InChI=1S/C44H58N8O15S/c1-6-20(2)37-42(64)46-15-34(57)47-30-19-68-43-27(26-9-7-8-10-28(26)49-43)11-24(39(61)45-16-35(58)50-37)12-32(56)38(21(3)33(67-23(5)54)18-66-22(4)53)51-41(63)31-13-25(55)17-52(31)44(65)29(14-36(59)60)48-40(30)62/h7-10,20-21,24-25,29-31,33,37-38,49,55H,6,11-19H2,1-5H3,(H,45,61)(H,46,64)(H,47,57)(H,48,62)(H,50,58)(H,51,63)(H,59,60)/t20-,21?,24+,25?,29?,30?,31-,33-,37-,38-/m0/s1. The van der Waals surface area contributed by atoms with Crippen LogP contribution in [0, 0.1) is 17.8 Å². The van der Waals surface area contributed by atoms with Crippen molar-refractivity contribution in [1.29, 1.82) is 0 Å². The van der Waals surface area contributed by atoms with Gasteiger partial charge in [0.15, 0.2) is 5.78 Å². The number of aromatic amines is 1. The number of hydrogen-bond acceptors (Lipinski definition) is 15. The Bertz CT molecular complexity index is 2310. The number of nitrogens with zero attached hydrogens (tertiary/aromatic N) is 1. The summed E-state index contributed by atoms with van der Waals surface area (Å²) >= 11 is 1.01. The van der Waals surface area contributed by atoms with Crippen LogP contribution < -0.4 is 31.9 Å². The van der Waals surface area contributed by atoms with E-state index in [2.05, 4.69) is 36.9 Å². The molecule has 5 rings (SSSR count). The molecule has 2 bridgehead atoms. The summed E-state index contributed by atoms with van der Waals surface area (Å²) in [6.07, 6.45) is -4.58. The molecule has 9 N–H and O–H groups in total. The number of rotatable bonds is 9. The van der Waals surface area contributed by atoms with E-state index in [4.69, 9.17) is 9.47 Å². The first-order valence-electron chi connectivity index (χ1n) is 22.2. The first kappa shape index (κ1) is 52.4. The molecule has 3 aliphatic rings. The number of aliphatic hydroxyl groups excluding tert-OH is 1. The van der Waals surface area contributed by atoms with E-state index in [1.54, 1.807) is 38.1 Å². The number of carbonyl (C=O) groups excluding carboxylic acids is 10. The van der Waals surface area contributed by atoms with Crippen LogP contribution in [0.1, 0.15) is 65.9 Å². The molecular formula is C44H58N8O15S. The number of amides is 7. The molecule has 68 heavy (non-hydrogen) atoms. The molecule has 2 aromatic rings. The van der Waals surface area contributed by atoms with Gasteiger partial charge >= 0.3 is 17.9 Å². The zero-order valence-corrected chi connectivity index (χ0v) is 39.0. The number of aromatic nitrogens is 1. The Kier molecular flexibility index (Phi) is 18.1. The van der Waals surface area contributed by atoms with Gasteiger partial charge in [-0.1, -0.05) is 45.4 Å². The van der Waals surface area contributed by atoms with Gasteiger partial charge in [0.1, 0.15) is 36.9 Å². The summed E-state index contributed by atoms with van der Waals surface area (Å²) in [5, 5.41) is 36.9. The van der Waals surface area contributed by atoms with Crippen LogP contribution in [0.15, 0.2) is 29.3 Å². The Labute approximate surface area is 394 Å². The van der Waals surface area contributed by atoms with Crippen LogP contribution in [0.3, 0.4) is 0 Å². The summed E-state index contributed by atoms with van der Waals surface area (Å²) < 4.78 is 10.6. The fourth-order valence-electron chi connectivity index (χ4n) is 8.31. The smallest absolute Gasteiger partial charge is 0.305 e. The van der Waals surface area contributed by atoms with Gasteiger partial charge in [-0.15, -0.1) is 11.8 Å². The maximum absolute atomic E-state index is 14.9. The zero-order chi connectivity index (χ0) is 50.0. The van der Waals surface area contributed by atoms with Crippen LogP contribution in [-0.4, -0.2) is 160 Å². The summed E-state index contributed by atoms with van der Waals surface area (Å²) in [6, 6.07) is -0.891. The number of fused-ring (bicyclic) bond motifs is 5. The maximum Gasteiger partial charge on any atom is 0.305 e. The Morgan fingerprint density at radius 3 is 2.18 bits per heavy atom. The lowest BCUT2D eigenvalue weighted by molar-refractivity contribution is -0.161. The second-order valence-corrected chi connectivity index (χ2v) is 18.2. The van der Waals surface area contributed by atoms with E-state index >= 15 is 0 Å². The highest BCUT2D eigenvalue weighted by molar-refractivity contribution is 7.99. The van der Waals surface area contributed by atoms with E-state index in [0.717, 1.165) is 30.5 Å². The molecule has 23 nitrogen and oxygen atoms in total. The zero-order valence-electron chi connectivity index (χ0n) is 38.2. The highest BCUT2D eigenvalue weighted by Crippen LogP contribution is 2.34. The number of carbonyl (C=O) groups is 11. The summed E-state index contributed by atoms with van der Waals surface area (Å²) in [7, 11) is 0. The van der Waals surface area contributed by atoms with Gasteiger partial charge < -0.3 is 61.5 Å². The lowest BCUT2D eigenvalue weighted by Gasteiger charge is -2.33. The molecule has 4 heterocycles. The molecule has 24 heteroatoms. The van der Waals surface area contributed by atoms with Crippen molar-refractivity contribution in [2.75, 3.05) is 32.0 Å². The van der Waals surface area contributed by atoms with Crippen molar-refractivity contribution < 1.29 is 72.4 Å². The molecule has 0 aliphatic carbocycles. The van der Waals surface area contributed by atoms with Crippen LogP contribution in [0.4, 0.5) is 0 Å². The predicted molar refractivity (Wildman–Crippen MR) is 239 cm³/mol. The summed E-state index contributed by atoms with van der Waals surface area (Å²) in [5.41, 5.74) is 1.04. The molecule has 0 radical (unpaired) electrons. The van der Waals surface area contributed by atoms with Crippen LogP contribution >= 0.6 is 11.8 Å². The second kappa shape index (κ2) is 23.4. The Balaban J connectivity index is 1.72. The van der Waals surface area contributed by atoms with Crippen LogP contribution in [0.2, 0.25) is 0 Å². The van der Waals surface area contributed by atoms with Crippen molar-refractivity contribution in [3.05, 3.63) is 29.8 Å². The van der Waals surface area contributed by atoms with E-state index in [1.807, 2.05) is 0 Å². The number of aliphatic carboxylic acids is 1. The molecule has 1 fully saturated rings. The molecule has 1 aromatic carbocycles. The lowest BCUT2D eigenvalue weighted by atomic mass is 9.85. The first-order chi connectivity index (χ1) is 32.2. The highest BCUT2D eigenvalue weighted by Gasteiger charge is 2.45. The normalized spacial score (nSPS) is 26.3. The number of H-pyrrole nitrogens is 1. The predicted octanol–water partition coefficient (Wildman–Crippen LogP) is -1.81. The first-order valence-corrected chi connectivity index (χ1v) is 23.2. The summed E-state index contributed by atoms with van der Waals surface area (Å²) in [4.78, 5) is 154. The van der Waals surface area contributed by atoms with E-state index in [9.17, 15) is 63.0 Å². The van der Waals surface area contributed by atoms with Gasteiger partial charge in [-0.3, -0.25) is 52.7 Å². The summed E-state index contributed by atoms with van der Waals surface area (Å²) in [6.45, 7) is 4.62. The van der Waals surface area contributed by atoms with Gasteiger partial charge in [0, 0.05) is 61.7 Å². The molecule has 370 valence electrons. The average Bonchev–Trinajstić information content (AvgIpc) is 3.85. The number of carboxylic acids is 1. The lowest BCUT2D eigenvalue weighted by Crippen LogP contribution is -2.60. The minimum atomic E-state index is -1.87. The third-order valence-electron chi connectivity index (χ3n) is 12.1. The Hall–Kier alpha value is -6.56. The van der Waals surface area contributed by atoms with E-state index in [1.165, 1.54) is 6.92 Å². The third kappa shape index (κ3) is 13.5. The van der Waals surface area contributed by atoms with Gasteiger partial charge in [-0.2, -0.15) is 0 Å². The fraction of sp³-hybridized carbons (Fsp3) is 0.568. The number of carboxylic acid groups (broad SMARTS) is 1. The van der Waals surface area contributed by atoms with Crippen LogP contribution in [0.25, 0.3) is 10.9 Å². The number of Topliss-reactive ketones (excluding diaryl/α,β-unsaturated/α-hetero) is 1. The Morgan fingerprint density at radius 2 is 1.51 bits per heavy atom. The third-order valence-corrected chi connectivity index (χ3v) is 13.3. The molecule has 1 aromatic heterocycles. The minimum absolute atomic E-state index is 0.208. The maximum atomic E-state index is 14.9. The molecule has 7 amide bonds. The van der Waals surface area contributed by atoms with Gasteiger partial charge in [0.05, 0.1) is 36.7 Å². The number of nitrogens with one attached hydrogen (secondary N) is 7. The summed E-state index contributed by atoms with van der Waals surface area (Å²) in [5.74, 6) is -13.6. The van der Waals surface area contributed by atoms with Crippen molar-refractivity contribution in [3.8, 4) is 0 Å². The fourth-order valence-corrected chi connectivity index (χ4v) is 9.43. The van der Waals surface area contributed by atoms with E-state index in [-0.39, 0.29) is 12.2 Å². The largest absolute Gasteiger partial charge is 0.481 e. The molecule has 0 spiro atoms. The van der Waals surface area contributed by atoms with Gasteiger partial charge in [-0.25, -0.2) is 0 Å². The number of para-hydroxylation sites is 1. The number of ketones is 1. The number of aliphatic hydroxyl groups is 1. The molecule has 1 saturated heterocycles. The van der Waals surface area contributed by atoms with Crippen molar-refractivity contribution in [3.63, 3.8) is 0 Å². The minimum Gasteiger partial charge on any atom is -0.481 e. The monoisotopic (exact) mass is 970 g/mol. The molecule has 3 aliphatic heterocycles. The molecular weight excluding hydrogens is 913 g/mol. The van der Waals surface area contributed by atoms with E-state index < -0.39 is 171 Å². The number of hydrogen-bond donors (Lipinski definition) is 9. The number of thioether (sulfide) groups is 1. The van der Waals surface area contributed by atoms with Gasteiger partial charge in [0.25, 0.3) is 0 Å². The molecule has 0 saturated carbocycles. The van der Waals surface area contributed by atoms with Crippen LogP contribution in [-0.2, 0) is 68.6 Å². The average molecular weight is 971 g/mol. The number of esters is 2. The highest BCUT2D eigenvalue weighted by atomic mass is 32.2. The quantitative estimate of drug-likeness (QED) is 0.125. The topological polar surface area (TPSA) is 338 Å². The van der Waals surface area contributed by atoms with Crippen molar-refractivity contribution in [2.45, 2.75) is 114 Å². The van der Waals surface area contributed by atoms with Gasteiger partial charge in [-0.05, 0) is 24.0 Å². The molecule has 10 atom stereocenters. The van der Waals surface area contributed by atoms with Crippen LogP contribution in [0.5, 0.6) is 0 Å². The van der Waals surface area contributed by atoms with Crippen molar-refractivity contribution >= 4 is 87.7 Å². The number of ether oxygens (including phenoxy) is 2. The van der Waals surface area contributed by atoms with Crippen molar-refractivity contribution in [2.24, 2.45) is 17.8 Å². The number of benzene rings is 1. The SMILES string of the molecule is CC[C@H](C)[C@@H]1NC(=O)CNC(=O)[C@H]2CC(=O)[C@H](C(C)[C@H](COC(C)=O)OC(C)=O)NC(=O)[C@@H]3CC(O)CN3C(=O)C(CC(=O)O)NC(=O)C(CSc3[nH]c4ccccc4c3C2)NC(=O)CNC1=O. The Morgan fingerprint density at radius 1 is 0.838 bits per heavy atom. The van der Waals surface area contributed by atoms with Gasteiger partial charge in [0.2, 0.25) is 41.4 Å². The molecule has 4 unspecified atom stereocenters.